The van der Waals surface area contributed by atoms with Crippen molar-refractivity contribution in [1.82, 2.24) is 0 Å². The Hall–Kier alpha value is -1.09. The van der Waals surface area contributed by atoms with E-state index in [9.17, 15) is 13.2 Å². The highest BCUT2D eigenvalue weighted by atomic mass is 35.5. The summed E-state index contributed by atoms with van der Waals surface area (Å²) in [6.45, 7) is 1.81. The number of aryl methyl sites for hydroxylation is 1. The highest BCUT2D eigenvalue weighted by Gasteiger charge is 2.49. The second-order valence-electron chi connectivity index (χ2n) is 5.82. The Morgan fingerprint density at radius 3 is 2.92 bits per heavy atom. The number of carbonyl (C=O) groups is 1. The standard InChI is InChI=1S/C15H17ClN2O4S2/c1-9-3-4-10(16)5-11(9)18-12-7-24(20,21)8-13(12)23-15(18)17-14(19)6-22-2/h3-5,12-13H,6-8H2,1-2H3/t12-,13-/m1/s1. The lowest BCUT2D eigenvalue weighted by Gasteiger charge is -2.26. The number of benzene rings is 1. The fraction of sp³-hybridized carbons (Fsp3) is 0.467. The zero-order chi connectivity index (χ0) is 17.5. The zero-order valence-electron chi connectivity index (χ0n) is 13.2. The number of halogens is 1. The molecule has 130 valence electrons. The van der Waals surface area contributed by atoms with Crippen molar-refractivity contribution >= 4 is 50.0 Å². The molecule has 6 nitrogen and oxygen atoms in total. The second-order valence-corrected chi connectivity index (χ2v) is 9.62. The molecule has 0 unspecified atom stereocenters. The molecule has 0 bridgehead atoms. The number of sulfone groups is 1. The van der Waals surface area contributed by atoms with Crippen LogP contribution in [-0.2, 0) is 19.4 Å². The van der Waals surface area contributed by atoms with Gasteiger partial charge in [0.25, 0.3) is 5.91 Å². The summed E-state index contributed by atoms with van der Waals surface area (Å²) < 4.78 is 28.8. The number of aliphatic imine (C=N–C) groups is 1. The first-order chi connectivity index (χ1) is 11.3. The third-order valence-electron chi connectivity index (χ3n) is 3.99. The van der Waals surface area contributed by atoms with Crippen LogP contribution in [0.15, 0.2) is 23.2 Å². The average Bonchev–Trinajstić information content (AvgIpc) is 2.93. The lowest BCUT2D eigenvalue weighted by atomic mass is 10.1. The molecule has 0 aliphatic carbocycles. The minimum Gasteiger partial charge on any atom is -0.375 e. The van der Waals surface area contributed by atoms with Gasteiger partial charge >= 0.3 is 0 Å². The van der Waals surface area contributed by atoms with Gasteiger partial charge in [-0.2, -0.15) is 4.99 Å². The highest BCUT2D eigenvalue weighted by Crippen LogP contribution is 2.42. The molecular formula is C15H17ClN2O4S2. The quantitative estimate of drug-likeness (QED) is 0.787. The van der Waals surface area contributed by atoms with E-state index in [0.717, 1.165) is 11.3 Å². The fourth-order valence-electron chi connectivity index (χ4n) is 2.95. The summed E-state index contributed by atoms with van der Waals surface area (Å²) in [6, 6.07) is 5.18. The average molecular weight is 389 g/mol. The van der Waals surface area contributed by atoms with Crippen molar-refractivity contribution in [1.29, 1.82) is 0 Å². The minimum absolute atomic E-state index is 0.0497. The molecule has 0 spiro atoms. The van der Waals surface area contributed by atoms with Gasteiger partial charge in [-0.25, -0.2) is 8.42 Å². The Morgan fingerprint density at radius 1 is 1.46 bits per heavy atom. The number of hydrogen-bond acceptors (Lipinski definition) is 5. The molecule has 2 heterocycles. The summed E-state index contributed by atoms with van der Waals surface area (Å²) in [6.07, 6.45) is 0. The van der Waals surface area contributed by atoms with Gasteiger partial charge in [0.1, 0.15) is 6.61 Å². The fourth-order valence-corrected chi connectivity index (χ4v) is 7.04. The number of ether oxygens (including phenoxy) is 1. The summed E-state index contributed by atoms with van der Waals surface area (Å²) >= 11 is 7.45. The Morgan fingerprint density at radius 2 is 2.21 bits per heavy atom. The minimum atomic E-state index is -3.09. The molecule has 1 aromatic rings. The SMILES string of the molecule is COCC(=O)N=C1S[C@@H]2CS(=O)(=O)C[C@H]2N1c1cc(Cl)ccc1C. The summed E-state index contributed by atoms with van der Waals surface area (Å²) in [5, 5.41) is 0.919. The van der Waals surface area contributed by atoms with E-state index in [2.05, 4.69) is 4.99 Å². The molecule has 0 saturated carbocycles. The van der Waals surface area contributed by atoms with E-state index in [1.807, 2.05) is 17.9 Å². The molecule has 2 saturated heterocycles. The van der Waals surface area contributed by atoms with Crippen molar-refractivity contribution in [2.45, 2.75) is 18.2 Å². The number of carbonyl (C=O) groups excluding carboxylic acids is 1. The number of anilines is 1. The molecule has 9 heteroatoms. The number of amidine groups is 1. The molecule has 0 N–H and O–H groups in total. The Bertz CT molecular complexity index is 810. The number of amides is 1. The maximum Gasteiger partial charge on any atom is 0.274 e. The van der Waals surface area contributed by atoms with Crippen LogP contribution in [-0.4, -0.2) is 56.0 Å². The van der Waals surface area contributed by atoms with Gasteiger partial charge in [0.2, 0.25) is 0 Å². The predicted molar refractivity (Wildman–Crippen MR) is 96.8 cm³/mol. The number of methoxy groups -OCH3 is 1. The maximum absolute atomic E-state index is 12.0. The van der Waals surface area contributed by atoms with Crippen LogP contribution >= 0.6 is 23.4 Å². The molecule has 0 aromatic heterocycles. The molecule has 2 fully saturated rings. The topological polar surface area (TPSA) is 76.0 Å². The van der Waals surface area contributed by atoms with Crippen LogP contribution in [0, 0.1) is 6.92 Å². The van der Waals surface area contributed by atoms with Gasteiger partial charge in [-0.15, -0.1) is 0 Å². The van der Waals surface area contributed by atoms with E-state index in [-0.39, 0.29) is 29.4 Å². The lowest BCUT2D eigenvalue weighted by Crippen LogP contribution is -2.38. The number of nitrogens with zero attached hydrogens (tertiary/aromatic N) is 2. The zero-order valence-corrected chi connectivity index (χ0v) is 15.6. The van der Waals surface area contributed by atoms with Crippen LogP contribution in [0.3, 0.4) is 0 Å². The predicted octanol–water partition coefficient (Wildman–Crippen LogP) is 1.90. The van der Waals surface area contributed by atoms with Crippen LogP contribution in [0.2, 0.25) is 5.02 Å². The van der Waals surface area contributed by atoms with Gasteiger partial charge in [0, 0.05) is 23.1 Å². The monoisotopic (exact) mass is 388 g/mol. The highest BCUT2D eigenvalue weighted by molar-refractivity contribution is 8.16. The smallest absolute Gasteiger partial charge is 0.274 e. The van der Waals surface area contributed by atoms with Gasteiger partial charge in [0.15, 0.2) is 15.0 Å². The third kappa shape index (κ3) is 3.46. The summed E-state index contributed by atoms with van der Waals surface area (Å²) in [4.78, 5) is 17.8. The second kappa shape index (κ2) is 6.67. The van der Waals surface area contributed by atoms with E-state index in [4.69, 9.17) is 16.3 Å². The van der Waals surface area contributed by atoms with Crippen molar-refractivity contribution in [3.63, 3.8) is 0 Å². The van der Waals surface area contributed by atoms with Gasteiger partial charge < -0.3 is 9.64 Å². The van der Waals surface area contributed by atoms with Crippen LogP contribution in [0.25, 0.3) is 0 Å². The van der Waals surface area contributed by atoms with Gasteiger partial charge in [-0.05, 0) is 24.6 Å². The summed E-state index contributed by atoms with van der Waals surface area (Å²) in [5.74, 6) is -0.253. The van der Waals surface area contributed by atoms with Gasteiger partial charge in [-0.1, -0.05) is 29.4 Å². The normalized spacial score (nSPS) is 26.8. The van der Waals surface area contributed by atoms with Crippen LogP contribution < -0.4 is 4.90 Å². The Balaban J connectivity index is 2.04. The largest absolute Gasteiger partial charge is 0.375 e. The molecule has 24 heavy (non-hydrogen) atoms. The first-order valence-electron chi connectivity index (χ1n) is 7.33. The molecule has 0 radical (unpaired) electrons. The van der Waals surface area contributed by atoms with Crippen molar-refractivity contribution in [2.24, 2.45) is 4.99 Å². The molecule has 2 aliphatic heterocycles. The molecule has 2 atom stereocenters. The molecule has 1 amide bonds. The molecule has 1 aromatic carbocycles. The van der Waals surface area contributed by atoms with Crippen molar-refractivity contribution in [3.05, 3.63) is 28.8 Å². The number of thioether (sulfide) groups is 1. The van der Waals surface area contributed by atoms with Crippen LogP contribution in [0.5, 0.6) is 0 Å². The number of rotatable bonds is 3. The van der Waals surface area contributed by atoms with Gasteiger partial charge in [-0.3, -0.25) is 4.79 Å². The lowest BCUT2D eigenvalue weighted by molar-refractivity contribution is -0.121. The molecule has 3 rings (SSSR count). The Labute approximate surface area is 150 Å². The van der Waals surface area contributed by atoms with Crippen molar-refractivity contribution in [2.75, 3.05) is 30.1 Å². The van der Waals surface area contributed by atoms with Crippen molar-refractivity contribution in [3.8, 4) is 0 Å². The van der Waals surface area contributed by atoms with Crippen LogP contribution in [0.1, 0.15) is 5.56 Å². The van der Waals surface area contributed by atoms with E-state index in [1.54, 1.807) is 12.1 Å². The van der Waals surface area contributed by atoms with Crippen LogP contribution in [0.4, 0.5) is 5.69 Å². The summed E-state index contributed by atoms with van der Waals surface area (Å²) in [5.41, 5.74) is 1.72. The van der Waals surface area contributed by atoms with E-state index in [0.29, 0.717) is 10.2 Å². The summed E-state index contributed by atoms with van der Waals surface area (Å²) in [7, 11) is -1.66. The van der Waals surface area contributed by atoms with Crippen molar-refractivity contribution < 1.29 is 17.9 Å². The molecular weight excluding hydrogens is 372 g/mol. The first-order valence-corrected chi connectivity index (χ1v) is 10.4. The number of fused-ring (bicyclic) bond motifs is 1. The van der Waals surface area contributed by atoms with E-state index >= 15 is 0 Å². The first kappa shape index (κ1) is 17.7. The molecule has 2 aliphatic rings. The maximum atomic E-state index is 12.0. The third-order valence-corrected chi connectivity index (χ3v) is 7.43. The Kier molecular flexibility index (Phi) is 4.92. The van der Waals surface area contributed by atoms with E-state index in [1.165, 1.54) is 18.9 Å². The van der Waals surface area contributed by atoms with E-state index < -0.39 is 15.7 Å². The van der Waals surface area contributed by atoms with Gasteiger partial charge in [0.05, 0.1) is 17.5 Å². The number of hydrogen-bond donors (Lipinski definition) is 0.